The van der Waals surface area contributed by atoms with Crippen LogP contribution >= 0.6 is 24.0 Å². The first kappa shape index (κ1) is 23.8. The highest BCUT2D eigenvalue weighted by atomic mass is 127. The summed E-state index contributed by atoms with van der Waals surface area (Å²) in [6, 6.07) is 7.18. The number of hydrogen-bond donors (Lipinski definition) is 2. The van der Waals surface area contributed by atoms with E-state index in [4.69, 9.17) is 9.47 Å². The minimum atomic E-state index is 0. The van der Waals surface area contributed by atoms with E-state index in [1.807, 2.05) is 19.2 Å². The fourth-order valence-electron chi connectivity index (χ4n) is 3.31. The molecule has 2 N–H and O–H groups in total. The predicted octanol–water partition coefficient (Wildman–Crippen LogP) is 2.90. The molecule has 1 heterocycles. The topological polar surface area (TPSA) is 58.1 Å². The summed E-state index contributed by atoms with van der Waals surface area (Å²) in [4.78, 5) is 6.90. The number of hydrogen-bond acceptors (Lipinski definition) is 4. The summed E-state index contributed by atoms with van der Waals surface area (Å²) in [5.41, 5.74) is 1.20. The van der Waals surface area contributed by atoms with E-state index in [9.17, 15) is 0 Å². The molecule has 6 nitrogen and oxygen atoms in total. The van der Waals surface area contributed by atoms with E-state index in [1.165, 1.54) is 5.56 Å². The maximum absolute atomic E-state index is 5.37. The Balaban J connectivity index is 0.00000364. The zero-order valence-electron chi connectivity index (χ0n) is 17.2. The molecule has 0 bridgehead atoms. The van der Waals surface area contributed by atoms with Crippen LogP contribution in [0.1, 0.15) is 32.3 Å². The first-order chi connectivity index (χ1) is 12.6. The number of rotatable bonds is 7. The van der Waals surface area contributed by atoms with Gasteiger partial charge in [0.1, 0.15) is 0 Å². The normalized spacial score (nSPS) is 16.0. The highest BCUT2D eigenvalue weighted by molar-refractivity contribution is 14.0. The van der Waals surface area contributed by atoms with Crippen molar-refractivity contribution < 1.29 is 9.47 Å². The Morgan fingerprint density at radius 1 is 1.19 bits per heavy atom. The fraction of sp³-hybridized carbons (Fsp3) is 0.650. The summed E-state index contributed by atoms with van der Waals surface area (Å²) >= 11 is 0. The number of nitrogens with zero attached hydrogens (tertiary/aromatic N) is 2. The van der Waals surface area contributed by atoms with Crippen LogP contribution in [0.25, 0.3) is 0 Å². The van der Waals surface area contributed by atoms with Gasteiger partial charge < -0.3 is 25.0 Å². The Labute approximate surface area is 181 Å². The molecule has 1 saturated heterocycles. The maximum atomic E-state index is 5.37. The summed E-state index contributed by atoms with van der Waals surface area (Å²) in [6.45, 7) is 7.65. The van der Waals surface area contributed by atoms with Crippen LogP contribution in [0.15, 0.2) is 23.2 Å². The minimum Gasteiger partial charge on any atom is -0.493 e. The summed E-state index contributed by atoms with van der Waals surface area (Å²) < 4.78 is 10.7. The number of halogens is 1. The summed E-state index contributed by atoms with van der Waals surface area (Å²) in [5.74, 6) is 2.41. The molecule has 0 aliphatic carbocycles. The smallest absolute Gasteiger partial charge is 0.191 e. The molecular weight excluding hydrogens is 455 g/mol. The summed E-state index contributed by atoms with van der Waals surface area (Å²) in [6.07, 6.45) is 3.22. The number of nitrogens with one attached hydrogen (secondary N) is 2. The van der Waals surface area contributed by atoms with E-state index >= 15 is 0 Å². The summed E-state index contributed by atoms with van der Waals surface area (Å²) in [5, 5.41) is 6.98. The molecule has 7 heteroatoms. The van der Waals surface area contributed by atoms with Crippen molar-refractivity contribution in [2.24, 2.45) is 4.99 Å². The van der Waals surface area contributed by atoms with Crippen LogP contribution < -0.4 is 20.1 Å². The van der Waals surface area contributed by atoms with Gasteiger partial charge in [-0.15, -0.1) is 24.0 Å². The second kappa shape index (κ2) is 12.3. The van der Waals surface area contributed by atoms with Crippen molar-refractivity contribution >= 4 is 29.9 Å². The second-order valence-electron chi connectivity index (χ2n) is 6.99. The van der Waals surface area contributed by atoms with Crippen molar-refractivity contribution in [2.45, 2.75) is 45.2 Å². The average Bonchev–Trinajstić information content (AvgIpc) is 2.67. The van der Waals surface area contributed by atoms with Gasteiger partial charge in [-0.05, 0) is 50.8 Å². The number of aliphatic imine (C=N–C) groups is 1. The molecule has 154 valence electrons. The molecule has 27 heavy (non-hydrogen) atoms. The van der Waals surface area contributed by atoms with Crippen LogP contribution in [0.2, 0.25) is 0 Å². The third-order valence-electron chi connectivity index (χ3n) is 4.98. The predicted molar refractivity (Wildman–Crippen MR) is 123 cm³/mol. The molecule has 0 saturated carbocycles. The first-order valence-electron chi connectivity index (χ1n) is 9.49. The highest BCUT2D eigenvalue weighted by Gasteiger charge is 2.21. The molecule has 1 aromatic carbocycles. The molecule has 0 atom stereocenters. The standard InChI is InChI=1S/C20H34N4O2.HI/c1-15(2)24-12-9-17(10-13-24)23-20(21-3)22-11-8-16-6-7-18(25-4)19(14-16)26-5;/h6-7,14-15,17H,8-13H2,1-5H3,(H2,21,22,23);1H. The SMILES string of the molecule is CN=C(NCCc1ccc(OC)c(OC)c1)NC1CCN(C(C)C)CC1.I. The number of ether oxygens (including phenoxy) is 2. The molecule has 1 aromatic rings. The zero-order chi connectivity index (χ0) is 18.9. The first-order valence-corrected chi connectivity index (χ1v) is 9.49. The molecule has 0 radical (unpaired) electrons. The lowest BCUT2D eigenvalue weighted by atomic mass is 10.0. The van der Waals surface area contributed by atoms with Crippen molar-refractivity contribution in [2.75, 3.05) is 40.9 Å². The van der Waals surface area contributed by atoms with Gasteiger partial charge in [0, 0.05) is 38.8 Å². The van der Waals surface area contributed by atoms with Crippen molar-refractivity contribution in [3.8, 4) is 11.5 Å². The molecule has 0 amide bonds. The minimum absolute atomic E-state index is 0. The molecule has 2 rings (SSSR count). The van der Waals surface area contributed by atoms with Crippen molar-refractivity contribution in [1.29, 1.82) is 0 Å². The molecule has 1 fully saturated rings. The van der Waals surface area contributed by atoms with E-state index < -0.39 is 0 Å². The van der Waals surface area contributed by atoms with Gasteiger partial charge in [0.15, 0.2) is 17.5 Å². The van der Waals surface area contributed by atoms with E-state index in [-0.39, 0.29) is 24.0 Å². The van der Waals surface area contributed by atoms with Gasteiger partial charge >= 0.3 is 0 Å². The van der Waals surface area contributed by atoms with Gasteiger partial charge in [0.2, 0.25) is 0 Å². The molecule has 1 aliphatic heterocycles. The maximum Gasteiger partial charge on any atom is 0.191 e. The average molecular weight is 490 g/mol. The van der Waals surface area contributed by atoms with Crippen molar-refractivity contribution in [1.82, 2.24) is 15.5 Å². The fourth-order valence-corrected chi connectivity index (χ4v) is 3.31. The number of piperidine rings is 1. The van der Waals surface area contributed by atoms with Crippen molar-refractivity contribution in [3.63, 3.8) is 0 Å². The van der Waals surface area contributed by atoms with E-state index in [2.05, 4.69) is 40.4 Å². The Hall–Kier alpha value is -1.22. The second-order valence-corrected chi connectivity index (χ2v) is 6.99. The van der Waals surface area contributed by atoms with Gasteiger partial charge in [-0.1, -0.05) is 6.07 Å². The number of likely N-dealkylation sites (tertiary alicyclic amines) is 1. The monoisotopic (exact) mass is 490 g/mol. The van der Waals surface area contributed by atoms with Gasteiger partial charge in [-0.25, -0.2) is 0 Å². The van der Waals surface area contributed by atoms with Crippen LogP contribution in [0.4, 0.5) is 0 Å². The van der Waals surface area contributed by atoms with Crippen LogP contribution in [-0.2, 0) is 6.42 Å². The summed E-state index contributed by atoms with van der Waals surface area (Å²) in [7, 11) is 5.14. The van der Waals surface area contributed by atoms with E-state index in [0.717, 1.165) is 56.4 Å². The number of guanidine groups is 1. The lowest BCUT2D eigenvalue weighted by molar-refractivity contribution is 0.167. The number of benzene rings is 1. The van der Waals surface area contributed by atoms with Crippen LogP contribution in [-0.4, -0.2) is 63.8 Å². The lowest BCUT2D eigenvalue weighted by Crippen LogP contribution is -2.50. The van der Waals surface area contributed by atoms with Gasteiger partial charge in [0.25, 0.3) is 0 Å². The molecule has 0 spiro atoms. The molecular formula is C20H35IN4O2. The Morgan fingerprint density at radius 3 is 2.41 bits per heavy atom. The molecule has 0 aromatic heterocycles. The Kier molecular flexibility index (Phi) is 10.8. The third kappa shape index (κ3) is 7.37. The Morgan fingerprint density at radius 2 is 1.85 bits per heavy atom. The van der Waals surface area contributed by atoms with Crippen LogP contribution in [0, 0.1) is 0 Å². The number of methoxy groups -OCH3 is 2. The molecule has 1 aliphatic rings. The van der Waals surface area contributed by atoms with Gasteiger partial charge in [0.05, 0.1) is 14.2 Å². The van der Waals surface area contributed by atoms with Gasteiger partial charge in [-0.3, -0.25) is 4.99 Å². The zero-order valence-corrected chi connectivity index (χ0v) is 19.6. The largest absolute Gasteiger partial charge is 0.493 e. The van der Waals surface area contributed by atoms with Crippen molar-refractivity contribution in [3.05, 3.63) is 23.8 Å². The third-order valence-corrected chi connectivity index (χ3v) is 4.98. The Bertz CT molecular complexity index is 587. The van der Waals surface area contributed by atoms with Gasteiger partial charge in [-0.2, -0.15) is 0 Å². The van der Waals surface area contributed by atoms with E-state index in [0.29, 0.717) is 12.1 Å². The van der Waals surface area contributed by atoms with E-state index in [1.54, 1.807) is 14.2 Å². The quantitative estimate of drug-likeness (QED) is 0.350. The van der Waals surface area contributed by atoms with Crippen LogP contribution in [0.5, 0.6) is 11.5 Å². The lowest BCUT2D eigenvalue weighted by Gasteiger charge is -2.35. The molecule has 0 unspecified atom stereocenters. The van der Waals surface area contributed by atoms with Crippen LogP contribution in [0.3, 0.4) is 0 Å². The highest BCUT2D eigenvalue weighted by Crippen LogP contribution is 2.27.